The van der Waals surface area contributed by atoms with Crippen molar-refractivity contribution in [2.75, 3.05) is 19.6 Å². The van der Waals surface area contributed by atoms with Gasteiger partial charge in [-0.05, 0) is 60.2 Å². The van der Waals surface area contributed by atoms with Gasteiger partial charge in [-0.3, -0.25) is 9.69 Å². The van der Waals surface area contributed by atoms with Gasteiger partial charge < -0.3 is 18.8 Å². The highest BCUT2D eigenvalue weighted by atomic mass is 16.3. The number of piperidine rings is 1. The number of fused-ring (bicyclic) bond motifs is 2. The highest BCUT2D eigenvalue weighted by molar-refractivity contribution is 5.96. The Hall–Kier alpha value is -3.35. The number of aliphatic hydroxyl groups is 1. The van der Waals surface area contributed by atoms with Crippen molar-refractivity contribution in [1.29, 1.82) is 0 Å². The van der Waals surface area contributed by atoms with Gasteiger partial charge in [0.2, 0.25) is 0 Å². The number of furan rings is 2. The molecule has 0 unspecified atom stereocenters. The molecular formula is C28H28N2O4. The fourth-order valence-electron chi connectivity index (χ4n) is 5.27. The molecule has 0 bridgehead atoms. The van der Waals surface area contributed by atoms with Crippen LogP contribution in [0.5, 0.6) is 0 Å². The SMILES string of the molecule is O=C(c1cc2cc(C3(O)CCN(Cc4ccoc4)CC3)ccc2o1)N1CCc2ccccc2C1. The second kappa shape index (κ2) is 8.46. The van der Waals surface area contributed by atoms with Crippen LogP contribution in [0.25, 0.3) is 11.0 Å². The molecule has 1 saturated heterocycles. The van der Waals surface area contributed by atoms with Gasteiger partial charge in [0.05, 0.1) is 18.1 Å². The predicted molar refractivity (Wildman–Crippen MR) is 128 cm³/mol. The Morgan fingerprint density at radius 3 is 2.62 bits per heavy atom. The summed E-state index contributed by atoms with van der Waals surface area (Å²) >= 11 is 0. The van der Waals surface area contributed by atoms with Gasteiger partial charge in [-0.2, -0.15) is 0 Å². The normalized spacial score (nSPS) is 18.2. The van der Waals surface area contributed by atoms with Gasteiger partial charge in [-0.1, -0.05) is 30.3 Å². The Kier molecular flexibility index (Phi) is 5.27. The van der Waals surface area contributed by atoms with Crippen molar-refractivity contribution in [2.24, 2.45) is 0 Å². The summed E-state index contributed by atoms with van der Waals surface area (Å²) < 4.78 is 11.1. The first-order valence-corrected chi connectivity index (χ1v) is 11.9. The minimum atomic E-state index is -0.876. The summed E-state index contributed by atoms with van der Waals surface area (Å²) in [7, 11) is 0. The molecule has 4 heterocycles. The Labute approximate surface area is 198 Å². The first-order valence-electron chi connectivity index (χ1n) is 11.9. The zero-order valence-electron chi connectivity index (χ0n) is 19.1. The number of nitrogens with zero attached hydrogens (tertiary/aromatic N) is 2. The smallest absolute Gasteiger partial charge is 0.289 e. The lowest BCUT2D eigenvalue weighted by Gasteiger charge is -2.38. The molecule has 34 heavy (non-hydrogen) atoms. The minimum absolute atomic E-state index is 0.0847. The third-order valence-corrected chi connectivity index (χ3v) is 7.35. The van der Waals surface area contributed by atoms with E-state index in [1.165, 1.54) is 11.1 Å². The summed E-state index contributed by atoms with van der Waals surface area (Å²) in [6.45, 7) is 3.75. The van der Waals surface area contributed by atoms with Gasteiger partial charge in [-0.25, -0.2) is 0 Å². The van der Waals surface area contributed by atoms with Crippen LogP contribution in [0.15, 0.2) is 76.0 Å². The number of carbonyl (C=O) groups excluding carboxylic acids is 1. The standard InChI is InChI=1S/C28H28N2O4/c31-27(30-11-7-21-3-1-2-4-22(21)18-30)26-16-23-15-24(5-6-25(23)34-26)28(32)9-12-29(13-10-28)17-20-8-14-33-19-20/h1-6,8,14-16,19,32H,7,9-13,17-18H2. The second-order valence-electron chi connectivity index (χ2n) is 9.55. The Morgan fingerprint density at radius 1 is 1.00 bits per heavy atom. The molecular weight excluding hydrogens is 428 g/mol. The summed E-state index contributed by atoms with van der Waals surface area (Å²) in [6.07, 6.45) is 5.64. The van der Waals surface area contributed by atoms with Crippen LogP contribution >= 0.6 is 0 Å². The van der Waals surface area contributed by atoms with E-state index in [0.717, 1.165) is 42.6 Å². The van der Waals surface area contributed by atoms with Crippen molar-refractivity contribution in [3.05, 3.63) is 95.1 Å². The summed E-state index contributed by atoms with van der Waals surface area (Å²) in [4.78, 5) is 17.4. The Bertz CT molecular complexity index is 1320. The average molecular weight is 457 g/mol. The first-order chi connectivity index (χ1) is 16.6. The summed E-state index contributed by atoms with van der Waals surface area (Å²) in [5.41, 5.74) is 4.34. The molecule has 0 spiro atoms. The van der Waals surface area contributed by atoms with Crippen LogP contribution in [0, 0.1) is 0 Å². The highest BCUT2D eigenvalue weighted by Crippen LogP contribution is 2.35. The van der Waals surface area contributed by atoms with Crippen LogP contribution in [-0.4, -0.2) is 40.4 Å². The lowest BCUT2D eigenvalue weighted by atomic mass is 9.84. The van der Waals surface area contributed by atoms with Crippen LogP contribution in [0.2, 0.25) is 0 Å². The molecule has 4 aromatic rings. The lowest BCUT2D eigenvalue weighted by molar-refractivity contribution is -0.0276. The molecule has 6 heteroatoms. The maximum Gasteiger partial charge on any atom is 0.289 e. The Balaban J connectivity index is 1.17. The fraction of sp³-hybridized carbons (Fsp3) is 0.321. The molecule has 0 saturated carbocycles. The topological polar surface area (TPSA) is 70.1 Å². The number of hydrogen-bond acceptors (Lipinski definition) is 5. The minimum Gasteiger partial charge on any atom is -0.472 e. The number of carbonyl (C=O) groups is 1. The zero-order valence-corrected chi connectivity index (χ0v) is 19.1. The van der Waals surface area contributed by atoms with E-state index >= 15 is 0 Å². The average Bonchev–Trinajstić information content (AvgIpc) is 3.54. The van der Waals surface area contributed by atoms with Crippen LogP contribution in [0.1, 0.15) is 45.7 Å². The van der Waals surface area contributed by atoms with Gasteiger partial charge in [0.15, 0.2) is 5.76 Å². The highest BCUT2D eigenvalue weighted by Gasteiger charge is 2.34. The van der Waals surface area contributed by atoms with E-state index in [9.17, 15) is 9.90 Å². The van der Waals surface area contributed by atoms with Gasteiger partial charge in [0.25, 0.3) is 5.91 Å². The fourth-order valence-corrected chi connectivity index (χ4v) is 5.27. The molecule has 0 radical (unpaired) electrons. The van der Waals surface area contributed by atoms with Crippen molar-refractivity contribution in [2.45, 2.75) is 38.0 Å². The molecule has 2 aliphatic rings. The molecule has 6 rings (SSSR count). The van der Waals surface area contributed by atoms with Gasteiger partial charge in [-0.15, -0.1) is 0 Å². The molecule has 2 aliphatic heterocycles. The third-order valence-electron chi connectivity index (χ3n) is 7.35. The number of likely N-dealkylation sites (tertiary alicyclic amines) is 1. The largest absolute Gasteiger partial charge is 0.472 e. The second-order valence-corrected chi connectivity index (χ2v) is 9.55. The molecule has 174 valence electrons. The van der Waals surface area contributed by atoms with Crippen molar-refractivity contribution in [3.63, 3.8) is 0 Å². The van der Waals surface area contributed by atoms with Crippen molar-refractivity contribution < 1.29 is 18.7 Å². The molecule has 6 nitrogen and oxygen atoms in total. The van der Waals surface area contributed by atoms with Crippen LogP contribution in [0.3, 0.4) is 0 Å². The van der Waals surface area contributed by atoms with Crippen molar-refractivity contribution in [3.8, 4) is 0 Å². The zero-order chi connectivity index (χ0) is 23.1. The van der Waals surface area contributed by atoms with E-state index < -0.39 is 5.60 Å². The van der Waals surface area contributed by atoms with Gasteiger partial charge in [0.1, 0.15) is 5.58 Å². The van der Waals surface area contributed by atoms with Crippen LogP contribution in [-0.2, 0) is 25.1 Å². The van der Waals surface area contributed by atoms with E-state index in [1.807, 2.05) is 47.4 Å². The van der Waals surface area contributed by atoms with Gasteiger partial charge in [0, 0.05) is 43.7 Å². The number of benzene rings is 2. The quantitative estimate of drug-likeness (QED) is 0.482. The Morgan fingerprint density at radius 2 is 1.82 bits per heavy atom. The summed E-state index contributed by atoms with van der Waals surface area (Å²) in [5.74, 6) is 0.270. The van der Waals surface area contributed by atoms with Crippen molar-refractivity contribution in [1.82, 2.24) is 9.80 Å². The lowest BCUT2D eigenvalue weighted by Crippen LogP contribution is -2.42. The van der Waals surface area contributed by atoms with E-state index in [2.05, 4.69) is 17.0 Å². The third kappa shape index (κ3) is 3.93. The van der Waals surface area contributed by atoms with Gasteiger partial charge >= 0.3 is 0 Å². The monoisotopic (exact) mass is 456 g/mol. The molecule has 0 atom stereocenters. The maximum atomic E-state index is 13.2. The first kappa shape index (κ1) is 21.2. The number of amides is 1. The van der Waals surface area contributed by atoms with Crippen molar-refractivity contribution >= 4 is 16.9 Å². The van der Waals surface area contributed by atoms with E-state index in [0.29, 0.717) is 37.3 Å². The van der Waals surface area contributed by atoms with Crippen LogP contribution in [0.4, 0.5) is 0 Å². The number of rotatable bonds is 4. The van der Waals surface area contributed by atoms with E-state index in [1.54, 1.807) is 12.5 Å². The molecule has 0 aliphatic carbocycles. The molecule has 1 amide bonds. The molecule has 2 aromatic carbocycles. The molecule has 2 aromatic heterocycles. The van der Waals surface area contributed by atoms with E-state index in [-0.39, 0.29) is 5.91 Å². The predicted octanol–water partition coefficient (Wildman–Crippen LogP) is 4.71. The van der Waals surface area contributed by atoms with Crippen LogP contribution < -0.4 is 0 Å². The maximum absolute atomic E-state index is 13.2. The molecule has 1 N–H and O–H groups in total. The number of hydrogen-bond donors (Lipinski definition) is 1. The summed E-state index contributed by atoms with van der Waals surface area (Å²) in [5, 5.41) is 12.3. The summed E-state index contributed by atoms with van der Waals surface area (Å²) in [6, 6.07) is 17.9. The van der Waals surface area contributed by atoms with E-state index in [4.69, 9.17) is 8.83 Å². The molecule has 1 fully saturated rings.